The molecule has 0 aliphatic carbocycles. The first-order valence-electron chi connectivity index (χ1n) is 3.27. The molecule has 1 heterocycles. The Bertz CT molecular complexity index is 351. The lowest BCUT2D eigenvalue weighted by atomic mass is 10.3. The Morgan fingerprint density at radius 1 is 1.69 bits per heavy atom. The van der Waals surface area contributed by atoms with Gasteiger partial charge in [-0.25, -0.2) is 10.8 Å². The summed E-state index contributed by atoms with van der Waals surface area (Å²) in [5.41, 5.74) is 1.10. The van der Waals surface area contributed by atoms with Crippen molar-refractivity contribution < 1.29 is 9.72 Å². The fourth-order valence-corrected chi connectivity index (χ4v) is 0.787. The Labute approximate surface area is 72.7 Å². The molecule has 0 saturated heterocycles. The van der Waals surface area contributed by atoms with Crippen molar-refractivity contribution in [2.45, 2.75) is 0 Å². The Morgan fingerprint density at radius 2 is 2.38 bits per heavy atom. The van der Waals surface area contributed by atoms with Crippen molar-refractivity contribution in [1.82, 2.24) is 10.4 Å². The Morgan fingerprint density at radius 3 is 2.92 bits per heavy atom. The summed E-state index contributed by atoms with van der Waals surface area (Å²) >= 11 is 0. The largest absolute Gasteiger partial charge is 0.300 e. The number of nitrogens with zero attached hydrogens (tertiary/aromatic N) is 2. The summed E-state index contributed by atoms with van der Waals surface area (Å²) < 4.78 is 0. The molecule has 0 saturated carbocycles. The molecule has 1 aromatic heterocycles. The number of hydrazine groups is 1. The minimum Gasteiger partial charge on any atom is -0.289 e. The molecule has 1 rings (SSSR count). The van der Waals surface area contributed by atoms with E-state index in [2.05, 4.69) is 4.98 Å². The maximum absolute atomic E-state index is 10.9. The quantitative estimate of drug-likeness (QED) is 0.279. The summed E-state index contributed by atoms with van der Waals surface area (Å²) in [6.07, 6.45) is 1.28. The van der Waals surface area contributed by atoms with E-state index in [1.54, 1.807) is 5.43 Å². The predicted octanol–water partition coefficient (Wildman–Crippen LogP) is -0.407. The van der Waals surface area contributed by atoms with E-state index in [1.807, 2.05) is 0 Å². The van der Waals surface area contributed by atoms with E-state index in [1.165, 1.54) is 18.3 Å². The number of carbonyl (C=O) groups excluding carboxylic acids is 1. The zero-order valence-corrected chi connectivity index (χ0v) is 6.43. The van der Waals surface area contributed by atoms with Crippen LogP contribution in [-0.4, -0.2) is 15.8 Å². The standard InChI is InChI=1S/C6H6N4O3/c7-9-6(11)5-4(10(12)13)2-1-3-8-5/h1-3H,7H2,(H,9,11). The number of nitro groups is 1. The summed E-state index contributed by atoms with van der Waals surface area (Å²) in [5, 5.41) is 10.4. The third kappa shape index (κ3) is 1.76. The third-order valence-electron chi connectivity index (χ3n) is 1.33. The molecule has 0 aromatic carbocycles. The molecule has 0 fully saturated rings. The van der Waals surface area contributed by atoms with Crippen LogP contribution in [0.15, 0.2) is 18.3 Å². The Balaban J connectivity index is 3.19. The summed E-state index contributed by atoms with van der Waals surface area (Å²) in [6.45, 7) is 0. The van der Waals surface area contributed by atoms with Crippen LogP contribution in [0, 0.1) is 10.1 Å². The Kier molecular flexibility index (Phi) is 2.50. The molecule has 0 aliphatic rings. The zero-order chi connectivity index (χ0) is 9.84. The molecule has 0 atom stereocenters. The van der Waals surface area contributed by atoms with Gasteiger partial charge < -0.3 is 0 Å². The summed E-state index contributed by atoms with van der Waals surface area (Å²) in [7, 11) is 0. The molecular formula is C6H6N4O3. The average Bonchev–Trinajstić information content (AvgIpc) is 2.16. The van der Waals surface area contributed by atoms with Gasteiger partial charge in [0.2, 0.25) is 5.69 Å². The molecule has 13 heavy (non-hydrogen) atoms. The number of carbonyl (C=O) groups is 1. The second-order valence-electron chi connectivity index (χ2n) is 2.10. The maximum Gasteiger partial charge on any atom is 0.300 e. The minimum atomic E-state index is -0.785. The van der Waals surface area contributed by atoms with Crippen LogP contribution in [0.1, 0.15) is 10.5 Å². The van der Waals surface area contributed by atoms with Crippen LogP contribution in [0.4, 0.5) is 5.69 Å². The number of aromatic nitrogens is 1. The second-order valence-corrected chi connectivity index (χ2v) is 2.10. The van der Waals surface area contributed by atoms with Crippen molar-refractivity contribution in [3.05, 3.63) is 34.1 Å². The highest BCUT2D eigenvalue weighted by molar-refractivity contribution is 5.95. The normalized spacial score (nSPS) is 9.31. The van der Waals surface area contributed by atoms with Crippen LogP contribution >= 0.6 is 0 Å². The molecule has 7 heteroatoms. The number of hydrogen-bond acceptors (Lipinski definition) is 5. The smallest absolute Gasteiger partial charge is 0.289 e. The molecule has 3 N–H and O–H groups in total. The van der Waals surface area contributed by atoms with Gasteiger partial charge in [-0.3, -0.25) is 20.3 Å². The van der Waals surface area contributed by atoms with Crippen molar-refractivity contribution in [2.75, 3.05) is 0 Å². The van der Waals surface area contributed by atoms with Gasteiger partial charge in [0.1, 0.15) is 0 Å². The van der Waals surface area contributed by atoms with Crippen LogP contribution in [0.3, 0.4) is 0 Å². The van der Waals surface area contributed by atoms with Crippen molar-refractivity contribution in [3.8, 4) is 0 Å². The van der Waals surface area contributed by atoms with E-state index < -0.39 is 10.8 Å². The fraction of sp³-hybridized carbons (Fsp3) is 0. The molecule has 0 spiro atoms. The average molecular weight is 182 g/mol. The lowest BCUT2D eigenvalue weighted by Crippen LogP contribution is -2.31. The highest BCUT2D eigenvalue weighted by Gasteiger charge is 2.19. The number of nitrogen functional groups attached to an aromatic ring is 1. The van der Waals surface area contributed by atoms with Gasteiger partial charge in [-0.05, 0) is 6.07 Å². The van der Waals surface area contributed by atoms with Gasteiger partial charge in [-0.1, -0.05) is 0 Å². The first-order chi connectivity index (χ1) is 6.16. The second kappa shape index (κ2) is 3.59. The third-order valence-corrected chi connectivity index (χ3v) is 1.33. The zero-order valence-electron chi connectivity index (χ0n) is 6.43. The van der Waals surface area contributed by atoms with Crippen molar-refractivity contribution in [3.63, 3.8) is 0 Å². The maximum atomic E-state index is 10.9. The monoisotopic (exact) mass is 182 g/mol. The summed E-state index contributed by atoms with van der Waals surface area (Å²) in [5.74, 6) is 4.03. The predicted molar refractivity (Wildman–Crippen MR) is 42.5 cm³/mol. The molecule has 0 bridgehead atoms. The van der Waals surface area contributed by atoms with Crippen LogP contribution in [0.25, 0.3) is 0 Å². The lowest BCUT2D eigenvalue weighted by Gasteiger charge is -1.98. The van der Waals surface area contributed by atoms with Crippen LogP contribution in [0.5, 0.6) is 0 Å². The van der Waals surface area contributed by atoms with E-state index >= 15 is 0 Å². The molecule has 1 amide bonds. The highest BCUT2D eigenvalue weighted by Crippen LogP contribution is 2.13. The fourth-order valence-electron chi connectivity index (χ4n) is 0.787. The number of nitrogens with one attached hydrogen (secondary N) is 1. The van der Waals surface area contributed by atoms with Gasteiger partial charge in [-0.2, -0.15) is 0 Å². The van der Waals surface area contributed by atoms with Gasteiger partial charge in [0, 0.05) is 12.3 Å². The van der Waals surface area contributed by atoms with Gasteiger partial charge in [-0.15, -0.1) is 0 Å². The molecule has 1 aromatic rings. The molecular weight excluding hydrogens is 176 g/mol. The lowest BCUT2D eigenvalue weighted by molar-refractivity contribution is -0.385. The Hall–Kier alpha value is -2.02. The van der Waals surface area contributed by atoms with Crippen LogP contribution in [-0.2, 0) is 0 Å². The van der Waals surface area contributed by atoms with Gasteiger partial charge in [0.25, 0.3) is 5.91 Å². The number of rotatable bonds is 2. The first-order valence-corrected chi connectivity index (χ1v) is 3.27. The SMILES string of the molecule is NNC(=O)c1ncccc1[N+](=O)[O-]. The van der Waals surface area contributed by atoms with Crippen molar-refractivity contribution >= 4 is 11.6 Å². The summed E-state index contributed by atoms with van der Waals surface area (Å²) in [4.78, 5) is 24.2. The van der Waals surface area contributed by atoms with Crippen molar-refractivity contribution in [1.29, 1.82) is 0 Å². The molecule has 68 valence electrons. The number of hydrogen-bond donors (Lipinski definition) is 2. The molecule has 7 nitrogen and oxygen atoms in total. The van der Waals surface area contributed by atoms with E-state index in [9.17, 15) is 14.9 Å². The minimum absolute atomic E-state index is 0.296. The highest BCUT2D eigenvalue weighted by atomic mass is 16.6. The van der Waals surface area contributed by atoms with E-state index in [0.29, 0.717) is 0 Å². The van der Waals surface area contributed by atoms with Crippen LogP contribution < -0.4 is 11.3 Å². The number of amides is 1. The van der Waals surface area contributed by atoms with Crippen LogP contribution in [0.2, 0.25) is 0 Å². The van der Waals surface area contributed by atoms with E-state index in [-0.39, 0.29) is 11.4 Å². The number of pyridine rings is 1. The molecule has 0 aliphatic heterocycles. The molecule has 0 unspecified atom stereocenters. The summed E-state index contributed by atoms with van der Waals surface area (Å²) in [6, 6.07) is 2.54. The topological polar surface area (TPSA) is 111 Å². The first kappa shape index (κ1) is 9.07. The number of nitrogens with two attached hydrogens (primary N) is 1. The molecule has 0 radical (unpaired) electrons. The van der Waals surface area contributed by atoms with Gasteiger partial charge >= 0.3 is 5.69 Å². The van der Waals surface area contributed by atoms with E-state index in [4.69, 9.17) is 5.84 Å². The van der Waals surface area contributed by atoms with E-state index in [0.717, 1.165) is 0 Å². The van der Waals surface area contributed by atoms with Crippen molar-refractivity contribution in [2.24, 2.45) is 5.84 Å². The van der Waals surface area contributed by atoms with Gasteiger partial charge in [0.15, 0.2) is 0 Å². The van der Waals surface area contributed by atoms with Gasteiger partial charge in [0.05, 0.1) is 4.92 Å².